The van der Waals surface area contributed by atoms with Gasteiger partial charge in [-0.25, -0.2) is 4.98 Å². The van der Waals surface area contributed by atoms with Gasteiger partial charge in [0.25, 0.3) is 0 Å². The van der Waals surface area contributed by atoms with Gasteiger partial charge in [-0.15, -0.1) is 0 Å². The predicted molar refractivity (Wildman–Crippen MR) is 65.8 cm³/mol. The molecular weight excluding hydrogens is 196 g/mol. The molecule has 0 aliphatic heterocycles. The first-order valence-corrected chi connectivity index (χ1v) is 5.34. The van der Waals surface area contributed by atoms with Gasteiger partial charge < -0.3 is 4.57 Å². The number of aryl methyl sites for hydroxylation is 1. The smallest absolute Gasteiger partial charge is 0.144 e. The first-order chi connectivity index (χ1) is 7.84. The van der Waals surface area contributed by atoms with Crippen LogP contribution in [0.15, 0.2) is 54.9 Å². The van der Waals surface area contributed by atoms with Crippen LogP contribution in [0.4, 0.5) is 0 Å². The van der Waals surface area contributed by atoms with Crippen molar-refractivity contribution in [3.63, 3.8) is 0 Å². The maximum Gasteiger partial charge on any atom is 0.144 e. The van der Waals surface area contributed by atoms with E-state index in [2.05, 4.69) is 59.1 Å². The monoisotopic (exact) mass is 208 g/mol. The van der Waals surface area contributed by atoms with E-state index in [0.29, 0.717) is 0 Å². The molecule has 0 radical (unpaired) electrons. The molecular formula is C14H12N2. The molecule has 0 aliphatic rings. The molecule has 0 N–H and O–H groups in total. The number of hydrogen-bond acceptors (Lipinski definition) is 1. The van der Waals surface area contributed by atoms with E-state index in [0.717, 1.165) is 11.3 Å². The second-order valence-corrected chi connectivity index (χ2v) is 3.94. The maximum absolute atomic E-state index is 4.40. The van der Waals surface area contributed by atoms with Crippen molar-refractivity contribution in [2.45, 2.75) is 6.92 Å². The van der Waals surface area contributed by atoms with Crippen LogP contribution < -0.4 is 0 Å². The molecule has 3 aromatic rings. The number of aromatic nitrogens is 2. The van der Waals surface area contributed by atoms with E-state index in [1.807, 2.05) is 12.3 Å². The Morgan fingerprint density at radius 1 is 1.00 bits per heavy atom. The van der Waals surface area contributed by atoms with Crippen LogP contribution in [0.1, 0.15) is 5.56 Å². The number of hydrogen-bond donors (Lipinski definition) is 0. The van der Waals surface area contributed by atoms with Gasteiger partial charge in [-0.1, -0.05) is 17.7 Å². The summed E-state index contributed by atoms with van der Waals surface area (Å²) in [5.74, 6) is 0. The lowest BCUT2D eigenvalue weighted by Crippen LogP contribution is -1.92. The highest BCUT2D eigenvalue weighted by Crippen LogP contribution is 2.18. The molecule has 0 atom stereocenters. The zero-order chi connectivity index (χ0) is 11.0. The molecule has 0 spiro atoms. The normalized spacial score (nSPS) is 10.8. The fourth-order valence-electron chi connectivity index (χ4n) is 1.88. The molecule has 2 heterocycles. The summed E-state index contributed by atoms with van der Waals surface area (Å²) in [6, 6.07) is 14.6. The molecule has 16 heavy (non-hydrogen) atoms. The van der Waals surface area contributed by atoms with Crippen molar-refractivity contribution < 1.29 is 0 Å². The minimum absolute atomic E-state index is 1.01. The topological polar surface area (TPSA) is 17.8 Å². The van der Waals surface area contributed by atoms with E-state index in [-0.39, 0.29) is 0 Å². The fraction of sp³-hybridized carbons (Fsp3) is 0.0714. The van der Waals surface area contributed by atoms with Gasteiger partial charge in [0, 0.05) is 23.5 Å². The molecule has 0 fully saturated rings. The second-order valence-electron chi connectivity index (χ2n) is 3.94. The minimum atomic E-state index is 1.01. The van der Waals surface area contributed by atoms with Crippen LogP contribution in [-0.2, 0) is 0 Å². The molecule has 0 saturated heterocycles. The van der Waals surface area contributed by atoms with Crippen molar-refractivity contribution >= 4 is 11.0 Å². The molecule has 0 unspecified atom stereocenters. The van der Waals surface area contributed by atoms with E-state index in [1.54, 1.807) is 0 Å². The largest absolute Gasteiger partial charge is 0.301 e. The van der Waals surface area contributed by atoms with Crippen LogP contribution in [0.2, 0.25) is 0 Å². The average molecular weight is 208 g/mol. The van der Waals surface area contributed by atoms with Crippen LogP contribution in [0, 0.1) is 6.92 Å². The highest BCUT2D eigenvalue weighted by atomic mass is 15.0. The number of nitrogens with zero attached hydrogens (tertiary/aromatic N) is 2. The van der Waals surface area contributed by atoms with Crippen LogP contribution in [0.3, 0.4) is 0 Å². The van der Waals surface area contributed by atoms with Crippen molar-refractivity contribution in [1.82, 2.24) is 9.55 Å². The summed E-state index contributed by atoms with van der Waals surface area (Å²) < 4.78 is 2.11. The quantitative estimate of drug-likeness (QED) is 0.599. The zero-order valence-electron chi connectivity index (χ0n) is 9.09. The molecule has 0 aliphatic carbocycles. The summed E-state index contributed by atoms with van der Waals surface area (Å²) in [6.07, 6.45) is 3.88. The Hall–Kier alpha value is -2.09. The highest BCUT2D eigenvalue weighted by molar-refractivity contribution is 5.77. The number of pyridine rings is 1. The molecule has 0 saturated carbocycles. The van der Waals surface area contributed by atoms with Gasteiger partial charge in [0.1, 0.15) is 5.65 Å². The summed E-state index contributed by atoms with van der Waals surface area (Å²) in [5, 5.41) is 1.17. The first-order valence-electron chi connectivity index (χ1n) is 5.34. The Morgan fingerprint density at radius 3 is 2.62 bits per heavy atom. The van der Waals surface area contributed by atoms with Crippen molar-refractivity contribution in [3.8, 4) is 5.69 Å². The lowest BCUT2D eigenvalue weighted by atomic mass is 10.2. The van der Waals surface area contributed by atoms with E-state index >= 15 is 0 Å². The number of benzene rings is 1. The van der Waals surface area contributed by atoms with E-state index in [1.165, 1.54) is 10.9 Å². The van der Waals surface area contributed by atoms with Crippen LogP contribution in [-0.4, -0.2) is 9.55 Å². The summed E-state index contributed by atoms with van der Waals surface area (Å²) in [5.41, 5.74) is 3.43. The van der Waals surface area contributed by atoms with Crippen molar-refractivity contribution in [2.24, 2.45) is 0 Å². The lowest BCUT2D eigenvalue weighted by Gasteiger charge is -2.04. The van der Waals surface area contributed by atoms with Crippen molar-refractivity contribution in [1.29, 1.82) is 0 Å². The van der Waals surface area contributed by atoms with Crippen LogP contribution in [0.25, 0.3) is 16.7 Å². The van der Waals surface area contributed by atoms with E-state index in [9.17, 15) is 0 Å². The second kappa shape index (κ2) is 3.49. The summed E-state index contributed by atoms with van der Waals surface area (Å²) in [6.45, 7) is 2.09. The Morgan fingerprint density at radius 2 is 1.81 bits per heavy atom. The molecule has 1 aromatic carbocycles. The van der Waals surface area contributed by atoms with Gasteiger partial charge in [-0.05, 0) is 37.3 Å². The molecule has 0 bridgehead atoms. The third kappa shape index (κ3) is 1.39. The van der Waals surface area contributed by atoms with Crippen LogP contribution in [0.5, 0.6) is 0 Å². The van der Waals surface area contributed by atoms with Gasteiger partial charge in [0.15, 0.2) is 0 Å². The molecule has 2 aromatic heterocycles. The van der Waals surface area contributed by atoms with E-state index in [4.69, 9.17) is 0 Å². The van der Waals surface area contributed by atoms with Crippen molar-refractivity contribution in [2.75, 3.05) is 0 Å². The predicted octanol–water partition coefficient (Wildman–Crippen LogP) is 3.33. The van der Waals surface area contributed by atoms with Crippen LogP contribution >= 0.6 is 0 Å². The Kier molecular flexibility index (Phi) is 2.00. The molecule has 78 valence electrons. The van der Waals surface area contributed by atoms with E-state index < -0.39 is 0 Å². The molecule has 2 heteroatoms. The maximum atomic E-state index is 4.40. The molecule has 2 nitrogen and oxygen atoms in total. The summed E-state index contributed by atoms with van der Waals surface area (Å²) in [7, 11) is 0. The first kappa shape index (κ1) is 9.16. The van der Waals surface area contributed by atoms with Gasteiger partial charge >= 0.3 is 0 Å². The standard InChI is InChI=1S/C14H12N2/c1-11-4-6-13(7-5-11)16-10-8-12-3-2-9-15-14(12)16/h2-10H,1H3. The third-order valence-corrected chi connectivity index (χ3v) is 2.76. The summed E-state index contributed by atoms with van der Waals surface area (Å²) in [4.78, 5) is 4.40. The third-order valence-electron chi connectivity index (χ3n) is 2.76. The number of rotatable bonds is 1. The molecule has 0 amide bonds. The SMILES string of the molecule is Cc1ccc(-n2ccc3cccnc32)cc1. The van der Waals surface area contributed by atoms with Gasteiger partial charge in [0.2, 0.25) is 0 Å². The Balaban J connectivity index is 2.22. The highest BCUT2D eigenvalue weighted by Gasteiger charge is 2.02. The van der Waals surface area contributed by atoms with Gasteiger partial charge in [0.05, 0.1) is 0 Å². The zero-order valence-corrected chi connectivity index (χ0v) is 9.09. The minimum Gasteiger partial charge on any atom is -0.301 e. The Bertz CT molecular complexity index is 621. The summed E-state index contributed by atoms with van der Waals surface area (Å²) >= 11 is 0. The Labute approximate surface area is 94.2 Å². The fourth-order valence-corrected chi connectivity index (χ4v) is 1.88. The molecule has 3 rings (SSSR count). The van der Waals surface area contributed by atoms with Gasteiger partial charge in [-0.2, -0.15) is 0 Å². The van der Waals surface area contributed by atoms with Gasteiger partial charge in [-0.3, -0.25) is 0 Å². The lowest BCUT2D eigenvalue weighted by molar-refractivity contribution is 1.09. The number of fused-ring (bicyclic) bond motifs is 1. The average Bonchev–Trinajstić information content (AvgIpc) is 2.74. The van der Waals surface area contributed by atoms with Crippen molar-refractivity contribution in [3.05, 3.63) is 60.4 Å².